The van der Waals surface area contributed by atoms with E-state index in [1.54, 1.807) is 4.57 Å². The van der Waals surface area contributed by atoms with Crippen molar-refractivity contribution in [2.45, 2.75) is 33.1 Å². The van der Waals surface area contributed by atoms with Gasteiger partial charge in [0.25, 0.3) is 11.6 Å². The largest absolute Gasteiger partial charge is 0.372 e. The summed E-state index contributed by atoms with van der Waals surface area (Å²) in [4.78, 5) is 34.1. The van der Waals surface area contributed by atoms with Crippen LogP contribution in [0.1, 0.15) is 29.3 Å². The van der Waals surface area contributed by atoms with Gasteiger partial charge < -0.3 is 24.8 Å². The molecule has 2 N–H and O–H groups in total. The van der Waals surface area contributed by atoms with E-state index in [0.717, 1.165) is 29.8 Å². The number of ether oxygens (including phenoxy) is 1. The molecule has 2 aliphatic rings. The molecule has 218 valence electrons. The molecule has 0 aliphatic carbocycles. The lowest BCUT2D eigenvalue weighted by Crippen LogP contribution is -2.47. The number of piperazine rings is 1. The lowest BCUT2D eigenvalue weighted by molar-refractivity contribution is -0.116. The van der Waals surface area contributed by atoms with Crippen LogP contribution in [-0.2, 0) is 35.7 Å². The van der Waals surface area contributed by atoms with Crippen LogP contribution in [0.2, 0.25) is 5.02 Å². The van der Waals surface area contributed by atoms with Gasteiger partial charge >= 0.3 is 0 Å². The molecule has 2 aromatic heterocycles. The lowest BCUT2D eigenvalue weighted by Gasteiger charge is -2.31. The predicted octanol–water partition coefficient (Wildman–Crippen LogP) is 4.09. The fraction of sp³-hybridized carbons (Fsp3) is 0.310. The number of amides is 1. The smallest absolute Gasteiger partial charge is 0.299 e. The number of hydrogen-bond donors (Lipinski definition) is 2. The zero-order valence-corrected chi connectivity index (χ0v) is 23.5. The van der Waals surface area contributed by atoms with Crippen molar-refractivity contribution in [3.63, 3.8) is 0 Å². The molecule has 0 radical (unpaired) electrons. The summed E-state index contributed by atoms with van der Waals surface area (Å²) in [5, 5.41) is 10.8. The molecule has 4 aromatic rings. The van der Waals surface area contributed by atoms with E-state index < -0.39 is 12.0 Å². The molecule has 2 aliphatic heterocycles. The van der Waals surface area contributed by atoms with Gasteiger partial charge in [0.2, 0.25) is 11.7 Å². The van der Waals surface area contributed by atoms with Crippen molar-refractivity contribution >= 4 is 40.7 Å². The van der Waals surface area contributed by atoms with E-state index in [-0.39, 0.29) is 34.2 Å². The molecule has 42 heavy (non-hydrogen) atoms. The van der Waals surface area contributed by atoms with Crippen LogP contribution in [-0.4, -0.2) is 51.3 Å². The van der Waals surface area contributed by atoms with Crippen LogP contribution in [0, 0.1) is 0 Å². The highest BCUT2D eigenvalue weighted by atomic mass is 35.5. The minimum absolute atomic E-state index is 0.117. The molecular formula is C29H28ClF2N7O3. The highest BCUT2D eigenvalue weighted by Crippen LogP contribution is 2.28. The number of carbonyl (C=O) groups is 1. The molecule has 2 aromatic carbocycles. The first-order valence-corrected chi connectivity index (χ1v) is 14.0. The fourth-order valence-electron chi connectivity index (χ4n) is 5.43. The number of rotatable bonds is 7. The minimum Gasteiger partial charge on any atom is -0.372 e. The van der Waals surface area contributed by atoms with Gasteiger partial charge in [-0.15, -0.1) is 5.10 Å². The fourth-order valence-corrected chi connectivity index (χ4v) is 5.67. The normalized spacial score (nSPS) is 14.7. The molecule has 0 saturated carbocycles. The average molecular weight is 596 g/mol. The van der Waals surface area contributed by atoms with Gasteiger partial charge in [0.1, 0.15) is 12.2 Å². The second-order valence-electron chi connectivity index (χ2n) is 10.1. The number of aromatic nitrogens is 4. The third kappa shape index (κ3) is 5.40. The van der Waals surface area contributed by atoms with Gasteiger partial charge in [0, 0.05) is 37.8 Å². The Bertz CT molecular complexity index is 1780. The van der Waals surface area contributed by atoms with E-state index >= 15 is 0 Å². The third-order valence-electron chi connectivity index (χ3n) is 7.42. The molecule has 0 bridgehead atoms. The quantitative estimate of drug-likeness (QED) is 0.332. The van der Waals surface area contributed by atoms with Gasteiger partial charge in [-0.1, -0.05) is 36.7 Å². The van der Waals surface area contributed by atoms with Crippen LogP contribution in [0.25, 0.3) is 23.2 Å². The minimum atomic E-state index is -1.85. The second kappa shape index (κ2) is 11.6. The number of benzene rings is 2. The van der Waals surface area contributed by atoms with Gasteiger partial charge in [-0.25, -0.2) is 0 Å². The van der Waals surface area contributed by atoms with Gasteiger partial charge in [0.15, 0.2) is 5.82 Å². The third-order valence-corrected chi connectivity index (χ3v) is 7.73. The molecule has 0 unspecified atom stereocenters. The molecule has 1 fully saturated rings. The zero-order chi connectivity index (χ0) is 29.4. The molecule has 10 nitrogen and oxygen atoms in total. The van der Waals surface area contributed by atoms with E-state index in [2.05, 4.69) is 15.7 Å². The van der Waals surface area contributed by atoms with Gasteiger partial charge in [0.05, 0.1) is 29.6 Å². The van der Waals surface area contributed by atoms with E-state index in [1.807, 2.05) is 30.0 Å². The van der Waals surface area contributed by atoms with E-state index in [1.165, 1.54) is 22.7 Å². The SMILES string of the molecule is CCc1c(N2CCNCC2)c(=O)n2nc(-c3ccc4c(c3)COC4)nc2n1CC(=O)Nc1ccc(C=C(F)F)cc1Cl. The van der Waals surface area contributed by atoms with Crippen LogP contribution in [0.15, 0.2) is 47.3 Å². The zero-order valence-electron chi connectivity index (χ0n) is 22.8. The lowest BCUT2D eigenvalue weighted by atomic mass is 10.1. The van der Waals surface area contributed by atoms with Crippen LogP contribution in [0.3, 0.4) is 0 Å². The van der Waals surface area contributed by atoms with E-state index in [9.17, 15) is 18.4 Å². The molecule has 13 heteroatoms. The predicted molar refractivity (Wildman–Crippen MR) is 156 cm³/mol. The highest BCUT2D eigenvalue weighted by molar-refractivity contribution is 6.33. The van der Waals surface area contributed by atoms with Crippen LogP contribution in [0.4, 0.5) is 20.2 Å². The summed E-state index contributed by atoms with van der Waals surface area (Å²) in [6.45, 7) is 5.49. The Kier molecular flexibility index (Phi) is 7.76. The van der Waals surface area contributed by atoms with Crippen molar-refractivity contribution in [3.8, 4) is 11.4 Å². The number of halogens is 3. The topological polar surface area (TPSA) is 106 Å². The first-order chi connectivity index (χ1) is 20.3. The maximum Gasteiger partial charge on any atom is 0.299 e. The number of carbonyl (C=O) groups excluding carboxylic acids is 1. The van der Waals surface area contributed by atoms with Crippen molar-refractivity contribution in [3.05, 3.63) is 80.2 Å². The van der Waals surface area contributed by atoms with E-state index in [0.29, 0.717) is 56.0 Å². The molecule has 4 heterocycles. The average Bonchev–Trinajstić information content (AvgIpc) is 3.63. The van der Waals surface area contributed by atoms with Crippen LogP contribution in [0.5, 0.6) is 0 Å². The first-order valence-electron chi connectivity index (χ1n) is 13.6. The van der Waals surface area contributed by atoms with Gasteiger partial charge in [-0.3, -0.25) is 9.59 Å². The summed E-state index contributed by atoms with van der Waals surface area (Å²) >= 11 is 6.29. The van der Waals surface area contributed by atoms with Crippen molar-refractivity contribution in [2.24, 2.45) is 0 Å². The summed E-state index contributed by atoms with van der Waals surface area (Å²) in [6, 6.07) is 10.1. The Balaban J connectivity index is 1.42. The molecular weight excluding hydrogens is 568 g/mol. The Morgan fingerprint density at radius 3 is 2.67 bits per heavy atom. The Hall–Kier alpha value is -4.13. The second-order valence-corrected chi connectivity index (χ2v) is 10.5. The maximum absolute atomic E-state index is 13.9. The van der Waals surface area contributed by atoms with Crippen molar-refractivity contribution < 1.29 is 18.3 Å². The summed E-state index contributed by atoms with van der Waals surface area (Å²) in [5.41, 5.74) is 4.23. The highest BCUT2D eigenvalue weighted by Gasteiger charge is 2.26. The number of anilines is 2. The summed E-state index contributed by atoms with van der Waals surface area (Å²) < 4.78 is 33.9. The number of hydrogen-bond acceptors (Lipinski definition) is 7. The van der Waals surface area contributed by atoms with Crippen molar-refractivity contribution in [1.82, 2.24) is 24.5 Å². The van der Waals surface area contributed by atoms with Crippen LogP contribution >= 0.6 is 11.6 Å². The van der Waals surface area contributed by atoms with Crippen molar-refractivity contribution in [2.75, 3.05) is 36.4 Å². The molecule has 0 spiro atoms. The number of fused-ring (bicyclic) bond motifs is 2. The summed E-state index contributed by atoms with van der Waals surface area (Å²) in [6.07, 6.45) is -0.692. The van der Waals surface area contributed by atoms with Gasteiger partial charge in [-0.2, -0.15) is 18.3 Å². The Morgan fingerprint density at radius 1 is 1.14 bits per heavy atom. The monoisotopic (exact) mass is 595 g/mol. The van der Waals surface area contributed by atoms with Crippen molar-refractivity contribution in [1.29, 1.82) is 0 Å². The molecule has 6 rings (SSSR count). The van der Waals surface area contributed by atoms with Gasteiger partial charge in [-0.05, 0) is 41.3 Å². The molecule has 1 saturated heterocycles. The van der Waals surface area contributed by atoms with E-state index in [4.69, 9.17) is 21.3 Å². The maximum atomic E-state index is 13.9. The number of nitrogens with zero attached hydrogens (tertiary/aromatic N) is 5. The number of nitrogens with one attached hydrogen (secondary N) is 2. The summed E-state index contributed by atoms with van der Waals surface area (Å²) in [7, 11) is 0. The Labute approximate surface area is 244 Å². The summed E-state index contributed by atoms with van der Waals surface area (Å²) in [5.74, 6) is 0.174. The molecule has 0 atom stereocenters. The standard InChI is InChI=1S/C29H28ClF2N7O3/c1-2-23-26(37-9-7-33-8-10-37)28(41)39-29(35-27(36-39)18-4-5-19-15-42-16-20(19)13-18)38(23)14-25(40)34-22-6-3-17(11-21(22)30)12-24(31)32/h3-6,11-13,33H,2,7-10,14-16H2,1H3,(H,34,40). The molecule has 1 amide bonds. The Morgan fingerprint density at radius 2 is 1.93 bits per heavy atom. The van der Waals surface area contributed by atoms with Crippen LogP contribution < -0.4 is 21.1 Å². The first kappa shape index (κ1) is 28.0.